The Morgan fingerprint density at radius 3 is 2.80 bits per heavy atom. The second-order valence-electron chi connectivity index (χ2n) is 6.87. The van der Waals surface area contributed by atoms with E-state index in [-0.39, 0.29) is 24.1 Å². The lowest BCUT2D eigenvalue weighted by Gasteiger charge is -2.48. The average molecular weight is 343 g/mol. The second kappa shape index (κ2) is 6.86. The maximum Gasteiger partial charge on any atom is 0.257 e. The SMILES string of the molecule is CCCCNC(=O)CCN1C(=O)c2ccccc2N2C(=O)CCC12C. The van der Waals surface area contributed by atoms with Crippen molar-refractivity contribution in [2.45, 2.75) is 51.6 Å². The van der Waals surface area contributed by atoms with Crippen LogP contribution in [0.3, 0.4) is 0 Å². The molecule has 6 heteroatoms. The molecule has 0 spiro atoms. The van der Waals surface area contributed by atoms with Crippen molar-refractivity contribution >= 4 is 23.4 Å². The highest BCUT2D eigenvalue weighted by atomic mass is 16.2. The lowest BCUT2D eigenvalue weighted by atomic mass is 9.98. The van der Waals surface area contributed by atoms with Crippen LogP contribution in [0.1, 0.15) is 56.3 Å². The molecule has 25 heavy (non-hydrogen) atoms. The number of hydrogen-bond donors (Lipinski definition) is 1. The number of fused-ring (bicyclic) bond motifs is 3. The van der Waals surface area contributed by atoms with Gasteiger partial charge in [0, 0.05) is 25.9 Å². The zero-order valence-electron chi connectivity index (χ0n) is 14.9. The van der Waals surface area contributed by atoms with Crippen LogP contribution >= 0.6 is 0 Å². The molecular formula is C19H25N3O3. The predicted molar refractivity (Wildman–Crippen MR) is 95.1 cm³/mol. The van der Waals surface area contributed by atoms with Gasteiger partial charge in [0.1, 0.15) is 5.66 Å². The summed E-state index contributed by atoms with van der Waals surface area (Å²) in [6.07, 6.45) is 3.22. The van der Waals surface area contributed by atoms with E-state index in [2.05, 4.69) is 12.2 Å². The molecule has 1 unspecified atom stereocenters. The third kappa shape index (κ3) is 3.01. The van der Waals surface area contributed by atoms with Crippen molar-refractivity contribution in [3.8, 4) is 0 Å². The predicted octanol–water partition coefficient (Wildman–Crippen LogP) is 2.29. The van der Waals surface area contributed by atoms with Gasteiger partial charge < -0.3 is 10.2 Å². The van der Waals surface area contributed by atoms with Crippen LogP contribution in [0.4, 0.5) is 5.69 Å². The molecule has 2 heterocycles. The largest absolute Gasteiger partial charge is 0.356 e. The minimum Gasteiger partial charge on any atom is -0.356 e. The Kier molecular flexibility index (Phi) is 4.79. The number of nitrogens with zero attached hydrogens (tertiary/aromatic N) is 2. The van der Waals surface area contributed by atoms with Crippen molar-refractivity contribution in [3.05, 3.63) is 29.8 Å². The van der Waals surface area contributed by atoms with Crippen molar-refractivity contribution in [3.63, 3.8) is 0 Å². The van der Waals surface area contributed by atoms with Gasteiger partial charge in [0.15, 0.2) is 0 Å². The maximum atomic E-state index is 13.0. The zero-order valence-corrected chi connectivity index (χ0v) is 14.9. The van der Waals surface area contributed by atoms with Crippen LogP contribution < -0.4 is 10.2 Å². The molecule has 0 bridgehead atoms. The highest BCUT2D eigenvalue weighted by molar-refractivity contribution is 6.10. The van der Waals surface area contributed by atoms with Gasteiger partial charge in [0.25, 0.3) is 5.91 Å². The maximum absolute atomic E-state index is 13.0. The van der Waals surface area contributed by atoms with Crippen LogP contribution in [-0.2, 0) is 9.59 Å². The second-order valence-corrected chi connectivity index (χ2v) is 6.87. The number of carbonyl (C=O) groups is 3. The topological polar surface area (TPSA) is 69.7 Å². The standard InChI is InChI=1S/C19H25N3O3/c1-3-4-12-20-16(23)10-13-21-18(25)14-7-5-6-8-15(14)22-17(24)9-11-19(21,22)2/h5-8H,3-4,9-13H2,1-2H3,(H,20,23). The summed E-state index contributed by atoms with van der Waals surface area (Å²) in [7, 11) is 0. The van der Waals surface area contributed by atoms with Gasteiger partial charge in [-0.15, -0.1) is 0 Å². The van der Waals surface area contributed by atoms with E-state index in [1.165, 1.54) is 0 Å². The molecule has 3 rings (SSSR count). The first kappa shape index (κ1) is 17.5. The summed E-state index contributed by atoms with van der Waals surface area (Å²) in [5.74, 6) is -0.134. The first-order chi connectivity index (χ1) is 12.0. The number of unbranched alkanes of at least 4 members (excludes halogenated alkanes) is 1. The summed E-state index contributed by atoms with van der Waals surface area (Å²) in [4.78, 5) is 40.9. The number of hydrogen-bond acceptors (Lipinski definition) is 3. The Morgan fingerprint density at radius 2 is 2.04 bits per heavy atom. The lowest BCUT2D eigenvalue weighted by Crippen LogP contribution is -2.62. The van der Waals surface area contributed by atoms with Crippen LogP contribution in [0.2, 0.25) is 0 Å². The molecule has 2 aliphatic rings. The summed E-state index contributed by atoms with van der Waals surface area (Å²) >= 11 is 0. The van der Waals surface area contributed by atoms with Crippen LogP contribution in [0.15, 0.2) is 24.3 Å². The molecule has 0 saturated carbocycles. The Bertz CT molecular complexity index is 703. The highest BCUT2D eigenvalue weighted by Crippen LogP contribution is 2.43. The van der Waals surface area contributed by atoms with E-state index in [1.54, 1.807) is 21.9 Å². The normalized spacial score (nSPS) is 22.0. The Hall–Kier alpha value is -2.37. The summed E-state index contributed by atoms with van der Waals surface area (Å²) in [6.45, 7) is 4.96. The van der Waals surface area contributed by atoms with Crippen molar-refractivity contribution < 1.29 is 14.4 Å². The van der Waals surface area contributed by atoms with Gasteiger partial charge in [-0.2, -0.15) is 0 Å². The van der Waals surface area contributed by atoms with E-state index >= 15 is 0 Å². The quantitative estimate of drug-likeness (QED) is 0.806. The van der Waals surface area contributed by atoms with E-state index in [4.69, 9.17) is 0 Å². The molecule has 1 atom stereocenters. The Morgan fingerprint density at radius 1 is 1.28 bits per heavy atom. The Labute approximate surface area is 148 Å². The molecule has 6 nitrogen and oxygen atoms in total. The van der Waals surface area contributed by atoms with Gasteiger partial charge in [-0.1, -0.05) is 25.5 Å². The number of carbonyl (C=O) groups excluding carboxylic acids is 3. The number of para-hydroxylation sites is 1. The molecule has 1 saturated heterocycles. The summed E-state index contributed by atoms with van der Waals surface area (Å²) in [5, 5.41) is 2.88. The molecule has 1 aromatic carbocycles. The van der Waals surface area contributed by atoms with E-state index < -0.39 is 5.66 Å². The van der Waals surface area contributed by atoms with Crippen LogP contribution in [0, 0.1) is 0 Å². The molecule has 2 aliphatic heterocycles. The van der Waals surface area contributed by atoms with Gasteiger partial charge in [-0.25, -0.2) is 0 Å². The number of rotatable bonds is 6. The van der Waals surface area contributed by atoms with Crippen LogP contribution in [0.5, 0.6) is 0 Å². The van der Waals surface area contributed by atoms with E-state index in [0.29, 0.717) is 37.2 Å². The molecule has 134 valence electrons. The molecule has 1 N–H and O–H groups in total. The minimum absolute atomic E-state index is 0.0276. The number of amides is 3. The van der Waals surface area contributed by atoms with E-state index in [0.717, 1.165) is 12.8 Å². The molecule has 0 aromatic heterocycles. The van der Waals surface area contributed by atoms with Crippen molar-refractivity contribution in [2.24, 2.45) is 0 Å². The van der Waals surface area contributed by atoms with Crippen LogP contribution in [-0.4, -0.2) is 41.4 Å². The first-order valence-electron chi connectivity index (χ1n) is 9.00. The fraction of sp³-hybridized carbons (Fsp3) is 0.526. The van der Waals surface area contributed by atoms with Gasteiger partial charge in [0.2, 0.25) is 11.8 Å². The van der Waals surface area contributed by atoms with Gasteiger partial charge >= 0.3 is 0 Å². The molecule has 3 amide bonds. The summed E-state index contributed by atoms with van der Waals surface area (Å²) < 4.78 is 0. The molecule has 0 aliphatic carbocycles. The number of nitrogens with one attached hydrogen (secondary N) is 1. The van der Waals surface area contributed by atoms with Crippen LogP contribution in [0.25, 0.3) is 0 Å². The smallest absolute Gasteiger partial charge is 0.257 e. The summed E-state index contributed by atoms with van der Waals surface area (Å²) in [6, 6.07) is 7.21. The van der Waals surface area contributed by atoms with Crippen molar-refractivity contribution in [2.75, 3.05) is 18.0 Å². The van der Waals surface area contributed by atoms with E-state index in [1.807, 2.05) is 19.1 Å². The van der Waals surface area contributed by atoms with Crippen molar-refractivity contribution in [1.29, 1.82) is 0 Å². The van der Waals surface area contributed by atoms with Gasteiger partial charge in [-0.05, 0) is 31.9 Å². The first-order valence-corrected chi connectivity index (χ1v) is 9.00. The minimum atomic E-state index is -0.688. The van der Waals surface area contributed by atoms with E-state index in [9.17, 15) is 14.4 Å². The van der Waals surface area contributed by atoms with Gasteiger partial charge in [0.05, 0.1) is 11.3 Å². The molecule has 1 fully saturated rings. The third-order valence-corrected chi connectivity index (χ3v) is 5.16. The fourth-order valence-corrected chi connectivity index (χ4v) is 3.75. The molecule has 0 radical (unpaired) electrons. The average Bonchev–Trinajstić information content (AvgIpc) is 2.91. The zero-order chi connectivity index (χ0) is 18.0. The third-order valence-electron chi connectivity index (χ3n) is 5.16. The summed E-state index contributed by atoms with van der Waals surface area (Å²) in [5.41, 5.74) is 0.523. The molecule has 1 aromatic rings. The number of anilines is 1. The van der Waals surface area contributed by atoms with Gasteiger partial charge in [-0.3, -0.25) is 19.3 Å². The van der Waals surface area contributed by atoms with Crippen molar-refractivity contribution in [1.82, 2.24) is 10.2 Å². The monoisotopic (exact) mass is 343 g/mol. The Balaban J connectivity index is 1.81. The molecular weight excluding hydrogens is 318 g/mol. The number of benzene rings is 1. The lowest BCUT2D eigenvalue weighted by molar-refractivity contribution is -0.121. The fourth-order valence-electron chi connectivity index (χ4n) is 3.75. The highest BCUT2D eigenvalue weighted by Gasteiger charge is 2.52.